The van der Waals surface area contributed by atoms with Crippen LogP contribution in [-0.2, 0) is 4.74 Å². The molecule has 0 radical (unpaired) electrons. The van der Waals surface area contributed by atoms with Crippen molar-refractivity contribution in [3.05, 3.63) is 29.3 Å². The Balaban J connectivity index is 1.67. The van der Waals surface area contributed by atoms with Crippen molar-refractivity contribution >= 4 is 5.91 Å². The summed E-state index contributed by atoms with van der Waals surface area (Å²) in [7, 11) is 3.35. The van der Waals surface area contributed by atoms with Gasteiger partial charge >= 0.3 is 0 Å². The topological polar surface area (TPSA) is 62.2 Å². The number of aliphatic hydroxyl groups is 1. The average molecular weight is 376 g/mol. The molecule has 2 heterocycles. The first-order valence-corrected chi connectivity index (χ1v) is 9.79. The third-order valence-electron chi connectivity index (χ3n) is 6.50. The van der Waals surface area contributed by atoms with Gasteiger partial charge in [0.25, 0.3) is 5.91 Å². The Hall–Kier alpha value is -1.63. The van der Waals surface area contributed by atoms with E-state index in [2.05, 4.69) is 4.90 Å². The number of ether oxygens (including phenoxy) is 2. The highest BCUT2D eigenvalue weighted by atomic mass is 16.5. The van der Waals surface area contributed by atoms with Crippen molar-refractivity contribution < 1.29 is 19.4 Å². The number of benzene rings is 1. The van der Waals surface area contributed by atoms with Gasteiger partial charge < -0.3 is 24.4 Å². The summed E-state index contributed by atoms with van der Waals surface area (Å²) in [6, 6.07) is 5.64. The van der Waals surface area contributed by atoms with Gasteiger partial charge in [-0.15, -0.1) is 0 Å². The number of carbonyl (C=O) groups is 1. The fraction of sp³-hybridized carbons (Fsp3) is 0.667. The van der Waals surface area contributed by atoms with Gasteiger partial charge in [-0.1, -0.05) is 6.07 Å². The van der Waals surface area contributed by atoms with Crippen molar-refractivity contribution in [1.29, 1.82) is 0 Å². The van der Waals surface area contributed by atoms with Gasteiger partial charge in [0.2, 0.25) is 0 Å². The predicted molar refractivity (Wildman–Crippen MR) is 104 cm³/mol. The van der Waals surface area contributed by atoms with Crippen LogP contribution in [0.1, 0.15) is 28.8 Å². The third kappa shape index (κ3) is 3.98. The minimum Gasteiger partial charge on any atom is -0.496 e. The van der Waals surface area contributed by atoms with Crippen molar-refractivity contribution in [3.63, 3.8) is 0 Å². The molecule has 6 heteroatoms. The smallest absolute Gasteiger partial charge is 0.254 e. The molecule has 27 heavy (non-hydrogen) atoms. The Bertz CT molecular complexity index is 656. The summed E-state index contributed by atoms with van der Waals surface area (Å²) in [5.74, 6) is 1.11. The number of piperidine rings is 1. The van der Waals surface area contributed by atoms with Gasteiger partial charge in [-0.05, 0) is 37.3 Å². The van der Waals surface area contributed by atoms with E-state index < -0.39 is 0 Å². The van der Waals surface area contributed by atoms with Crippen LogP contribution in [0.3, 0.4) is 0 Å². The monoisotopic (exact) mass is 376 g/mol. The van der Waals surface area contributed by atoms with Crippen LogP contribution < -0.4 is 4.74 Å². The minimum absolute atomic E-state index is 0.0797. The average Bonchev–Trinajstić information content (AvgIpc) is 3.03. The zero-order chi connectivity index (χ0) is 19.4. The molecule has 2 aliphatic rings. The van der Waals surface area contributed by atoms with Gasteiger partial charge in [-0.2, -0.15) is 0 Å². The summed E-state index contributed by atoms with van der Waals surface area (Å²) in [6.07, 6.45) is 1.88. The fourth-order valence-corrected chi connectivity index (χ4v) is 4.75. The van der Waals surface area contributed by atoms with Crippen LogP contribution in [0.2, 0.25) is 0 Å². The molecule has 0 bridgehead atoms. The fourth-order valence-electron chi connectivity index (χ4n) is 4.75. The molecule has 2 saturated heterocycles. The number of methoxy groups -OCH3 is 2. The van der Waals surface area contributed by atoms with Crippen molar-refractivity contribution in [2.24, 2.45) is 11.3 Å². The Morgan fingerprint density at radius 2 is 2.04 bits per heavy atom. The number of amides is 1. The summed E-state index contributed by atoms with van der Waals surface area (Å²) < 4.78 is 10.6. The van der Waals surface area contributed by atoms with Crippen molar-refractivity contribution in [1.82, 2.24) is 9.80 Å². The SMILES string of the molecule is COCCN1CC(CO)C2(CCN(C(=O)c3cccc(OC)c3C)CC2)C1. The Kier molecular flexibility index (Phi) is 6.40. The molecule has 1 atom stereocenters. The van der Waals surface area contributed by atoms with Crippen LogP contribution in [0, 0.1) is 18.3 Å². The van der Waals surface area contributed by atoms with Gasteiger partial charge in [-0.25, -0.2) is 0 Å². The van der Waals surface area contributed by atoms with Crippen LogP contribution in [0.25, 0.3) is 0 Å². The lowest BCUT2D eigenvalue weighted by Gasteiger charge is -2.42. The van der Waals surface area contributed by atoms with E-state index in [-0.39, 0.29) is 23.8 Å². The lowest BCUT2D eigenvalue weighted by Crippen LogP contribution is -2.47. The minimum atomic E-state index is 0.0797. The summed E-state index contributed by atoms with van der Waals surface area (Å²) in [4.78, 5) is 17.4. The number of rotatable bonds is 6. The molecule has 2 fully saturated rings. The number of aliphatic hydroxyl groups excluding tert-OH is 1. The summed E-state index contributed by atoms with van der Waals surface area (Å²) in [5.41, 5.74) is 1.73. The zero-order valence-corrected chi connectivity index (χ0v) is 16.7. The Labute approximate surface area is 162 Å². The summed E-state index contributed by atoms with van der Waals surface area (Å²) in [6.45, 7) is 7.16. The quantitative estimate of drug-likeness (QED) is 0.820. The van der Waals surface area contributed by atoms with E-state index in [4.69, 9.17) is 9.47 Å². The van der Waals surface area contributed by atoms with E-state index >= 15 is 0 Å². The zero-order valence-electron chi connectivity index (χ0n) is 16.7. The van der Waals surface area contributed by atoms with Crippen LogP contribution in [0.15, 0.2) is 18.2 Å². The predicted octanol–water partition coefficient (Wildman–Crippen LogP) is 1.80. The molecule has 1 spiro atoms. The standard InChI is InChI=1S/C21H32N2O4/c1-16-18(5-4-6-19(16)27-3)20(25)23-9-7-21(8-10-23)15-22(11-12-26-2)13-17(21)14-24/h4-6,17,24H,7-15H2,1-3H3. The Morgan fingerprint density at radius 1 is 1.30 bits per heavy atom. The molecule has 0 aromatic heterocycles. The summed E-state index contributed by atoms with van der Waals surface area (Å²) in [5, 5.41) is 9.92. The normalized spacial score (nSPS) is 22.4. The molecule has 150 valence electrons. The van der Waals surface area contributed by atoms with E-state index in [0.29, 0.717) is 6.61 Å². The van der Waals surface area contributed by atoms with Crippen molar-refractivity contribution in [2.45, 2.75) is 19.8 Å². The maximum Gasteiger partial charge on any atom is 0.254 e. The first kappa shape index (κ1) is 20.1. The second kappa shape index (κ2) is 8.59. The molecule has 2 aliphatic heterocycles. The molecule has 6 nitrogen and oxygen atoms in total. The first-order valence-electron chi connectivity index (χ1n) is 9.79. The third-order valence-corrected chi connectivity index (χ3v) is 6.50. The van der Waals surface area contributed by atoms with Crippen LogP contribution in [0.4, 0.5) is 0 Å². The lowest BCUT2D eigenvalue weighted by molar-refractivity contribution is 0.0398. The van der Waals surface area contributed by atoms with E-state index in [1.807, 2.05) is 30.0 Å². The van der Waals surface area contributed by atoms with Crippen molar-refractivity contribution in [3.8, 4) is 5.75 Å². The molecular formula is C21H32N2O4. The lowest BCUT2D eigenvalue weighted by atomic mass is 9.71. The van der Waals surface area contributed by atoms with Crippen LogP contribution >= 0.6 is 0 Å². The van der Waals surface area contributed by atoms with Crippen LogP contribution in [-0.4, -0.2) is 81.0 Å². The van der Waals surface area contributed by atoms with Gasteiger partial charge in [-0.3, -0.25) is 4.79 Å². The highest BCUT2D eigenvalue weighted by Gasteiger charge is 2.47. The molecular weight excluding hydrogens is 344 g/mol. The van der Waals surface area contributed by atoms with E-state index in [1.54, 1.807) is 14.2 Å². The second-order valence-electron chi connectivity index (χ2n) is 7.89. The van der Waals surface area contributed by atoms with Gasteiger partial charge in [0, 0.05) is 63.5 Å². The highest BCUT2D eigenvalue weighted by molar-refractivity contribution is 5.96. The molecule has 0 aliphatic carbocycles. The molecule has 1 N–H and O–H groups in total. The summed E-state index contributed by atoms with van der Waals surface area (Å²) >= 11 is 0. The van der Waals surface area contributed by atoms with E-state index in [0.717, 1.165) is 62.4 Å². The molecule has 3 rings (SSSR count). The maximum absolute atomic E-state index is 13.0. The molecule has 1 aromatic rings. The van der Waals surface area contributed by atoms with E-state index in [9.17, 15) is 9.90 Å². The number of hydrogen-bond acceptors (Lipinski definition) is 5. The first-order chi connectivity index (χ1) is 13.0. The number of likely N-dealkylation sites (tertiary alicyclic amines) is 2. The second-order valence-corrected chi connectivity index (χ2v) is 7.89. The number of carbonyl (C=O) groups excluding carboxylic acids is 1. The van der Waals surface area contributed by atoms with Crippen LogP contribution in [0.5, 0.6) is 5.75 Å². The number of nitrogens with zero attached hydrogens (tertiary/aromatic N) is 2. The molecule has 1 unspecified atom stereocenters. The van der Waals surface area contributed by atoms with Crippen molar-refractivity contribution in [2.75, 3.05) is 60.2 Å². The largest absolute Gasteiger partial charge is 0.496 e. The molecule has 0 saturated carbocycles. The molecule has 1 amide bonds. The number of hydrogen-bond donors (Lipinski definition) is 1. The maximum atomic E-state index is 13.0. The van der Waals surface area contributed by atoms with Gasteiger partial charge in [0.05, 0.1) is 13.7 Å². The van der Waals surface area contributed by atoms with Gasteiger partial charge in [0.15, 0.2) is 0 Å². The molecule has 1 aromatic carbocycles. The Morgan fingerprint density at radius 3 is 2.67 bits per heavy atom. The van der Waals surface area contributed by atoms with E-state index in [1.165, 1.54) is 0 Å². The van der Waals surface area contributed by atoms with Gasteiger partial charge in [0.1, 0.15) is 5.75 Å². The highest BCUT2D eigenvalue weighted by Crippen LogP contribution is 2.44.